The van der Waals surface area contributed by atoms with E-state index >= 15 is 0 Å². The summed E-state index contributed by atoms with van der Waals surface area (Å²) in [6, 6.07) is 10.1. The highest BCUT2D eigenvalue weighted by molar-refractivity contribution is 5.67. The lowest BCUT2D eigenvalue weighted by Crippen LogP contribution is -2.19. The number of nitrogens with one attached hydrogen (secondary N) is 1. The van der Waals surface area contributed by atoms with Gasteiger partial charge in [-0.2, -0.15) is 4.98 Å². The predicted octanol–water partition coefficient (Wildman–Crippen LogP) is 3.79. The second-order valence-corrected chi connectivity index (χ2v) is 6.93. The summed E-state index contributed by atoms with van der Waals surface area (Å²) in [7, 11) is 0. The third kappa shape index (κ3) is 3.75. The summed E-state index contributed by atoms with van der Waals surface area (Å²) in [4.78, 5) is 19.6. The summed E-state index contributed by atoms with van der Waals surface area (Å²) < 4.78 is 10.7. The fourth-order valence-corrected chi connectivity index (χ4v) is 3.06. The van der Waals surface area contributed by atoms with Gasteiger partial charge in [-0.05, 0) is 34.8 Å². The molecule has 0 atom stereocenters. The van der Waals surface area contributed by atoms with Gasteiger partial charge in [-0.3, -0.25) is 4.79 Å². The van der Waals surface area contributed by atoms with E-state index in [1.54, 1.807) is 12.1 Å². The molecule has 3 heterocycles. The molecular formula is C21H21N3O3. The molecule has 27 heavy (non-hydrogen) atoms. The Balaban J connectivity index is 1.56. The van der Waals surface area contributed by atoms with Crippen LogP contribution >= 0.6 is 0 Å². The van der Waals surface area contributed by atoms with E-state index in [4.69, 9.17) is 9.26 Å². The number of H-pyrrole nitrogens is 1. The summed E-state index contributed by atoms with van der Waals surface area (Å²) >= 11 is 0. The van der Waals surface area contributed by atoms with Crippen LogP contribution in [-0.4, -0.2) is 21.7 Å². The van der Waals surface area contributed by atoms with Gasteiger partial charge in [0.05, 0.1) is 18.8 Å². The van der Waals surface area contributed by atoms with Gasteiger partial charge in [0.1, 0.15) is 0 Å². The van der Waals surface area contributed by atoms with E-state index in [1.807, 2.05) is 6.08 Å². The maximum atomic E-state index is 12.3. The minimum Gasteiger partial charge on any atom is -0.376 e. The highest BCUT2D eigenvalue weighted by Crippen LogP contribution is 2.20. The normalized spacial score (nSPS) is 14.0. The first-order valence-electron chi connectivity index (χ1n) is 9.05. The van der Waals surface area contributed by atoms with Gasteiger partial charge < -0.3 is 14.2 Å². The predicted molar refractivity (Wildman–Crippen MR) is 103 cm³/mol. The molecule has 1 aliphatic heterocycles. The van der Waals surface area contributed by atoms with Crippen LogP contribution in [0.3, 0.4) is 0 Å². The quantitative estimate of drug-likeness (QED) is 0.763. The summed E-state index contributed by atoms with van der Waals surface area (Å²) in [6.07, 6.45) is 4.36. The van der Waals surface area contributed by atoms with E-state index in [9.17, 15) is 4.79 Å². The van der Waals surface area contributed by atoms with E-state index < -0.39 is 0 Å². The van der Waals surface area contributed by atoms with E-state index in [1.165, 1.54) is 5.56 Å². The number of benzene rings is 1. The molecule has 0 aliphatic carbocycles. The molecule has 138 valence electrons. The van der Waals surface area contributed by atoms with Gasteiger partial charge >= 0.3 is 0 Å². The van der Waals surface area contributed by atoms with Crippen molar-refractivity contribution in [3.63, 3.8) is 0 Å². The monoisotopic (exact) mass is 363 g/mol. The van der Waals surface area contributed by atoms with Crippen molar-refractivity contribution in [3.8, 4) is 11.4 Å². The van der Waals surface area contributed by atoms with E-state index in [2.05, 4.69) is 53.2 Å². The number of hydrogen-bond acceptors (Lipinski definition) is 5. The Labute approximate surface area is 156 Å². The Morgan fingerprint density at radius 3 is 2.78 bits per heavy atom. The molecule has 0 bridgehead atoms. The minimum atomic E-state index is -0.212. The third-order valence-electron chi connectivity index (χ3n) is 4.67. The zero-order chi connectivity index (χ0) is 18.8. The van der Waals surface area contributed by atoms with Crippen LogP contribution in [-0.2, 0) is 17.8 Å². The first kappa shape index (κ1) is 17.4. The summed E-state index contributed by atoms with van der Waals surface area (Å²) in [5, 5.41) is 3.95. The molecule has 1 aromatic carbocycles. The largest absolute Gasteiger partial charge is 0.376 e. The average Bonchev–Trinajstić information content (AvgIpc) is 3.15. The van der Waals surface area contributed by atoms with Crippen LogP contribution in [0.25, 0.3) is 23.5 Å². The standard InChI is InChI=1S/C21H21N3O3/c1-13(2)15-6-3-14(4-7-15)5-8-19-23-20(24-27-19)17-11-16-12-26-10-9-18(16)22-21(17)25/h3-8,11,13H,9-10,12H2,1-2H3,(H,22,25)/b8-5+. The van der Waals surface area contributed by atoms with Gasteiger partial charge in [0.25, 0.3) is 11.4 Å². The number of aromatic amines is 1. The van der Waals surface area contributed by atoms with Gasteiger partial charge in [0.2, 0.25) is 5.82 Å². The lowest BCUT2D eigenvalue weighted by atomic mass is 10.0. The first-order valence-corrected chi connectivity index (χ1v) is 9.05. The molecule has 0 amide bonds. The van der Waals surface area contributed by atoms with Crippen molar-refractivity contribution in [2.75, 3.05) is 6.61 Å². The minimum absolute atomic E-state index is 0.212. The van der Waals surface area contributed by atoms with Crippen LogP contribution in [0.15, 0.2) is 39.6 Å². The van der Waals surface area contributed by atoms with Crippen molar-refractivity contribution < 1.29 is 9.26 Å². The molecule has 0 radical (unpaired) electrons. The van der Waals surface area contributed by atoms with Gasteiger partial charge in [-0.15, -0.1) is 0 Å². The fraction of sp³-hybridized carbons (Fsp3) is 0.286. The molecule has 2 aromatic heterocycles. The number of pyridine rings is 1. The second kappa shape index (κ2) is 7.32. The van der Waals surface area contributed by atoms with Gasteiger partial charge in [-0.25, -0.2) is 0 Å². The molecule has 6 nitrogen and oxygen atoms in total. The molecule has 0 spiro atoms. The molecule has 0 saturated carbocycles. The van der Waals surface area contributed by atoms with Gasteiger partial charge in [0.15, 0.2) is 0 Å². The lowest BCUT2D eigenvalue weighted by Gasteiger charge is -2.15. The summed E-state index contributed by atoms with van der Waals surface area (Å²) in [5.41, 5.74) is 4.40. The Hall–Kier alpha value is -2.99. The molecule has 0 saturated heterocycles. The van der Waals surface area contributed by atoms with Crippen LogP contribution in [0, 0.1) is 0 Å². The second-order valence-electron chi connectivity index (χ2n) is 6.93. The van der Waals surface area contributed by atoms with E-state index in [-0.39, 0.29) is 11.4 Å². The van der Waals surface area contributed by atoms with Gasteiger partial charge in [-0.1, -0.05) is 43.3 Å². The van der Waals surface area contributed by atoms with Crippen LogP contribution in [0.2, 0.25) is 0 Å². The van der Waals surface area contributed by atoms with Crippen LogP contribution in [0.4, 0.5) is 0 Å². The highest BCUT2D eigenvalue weighted by atomic mass is 16.5. The van der Waals surface area contributed by atoms with Gasteiger partial charge in [0, 0.05) is 18.2 Å². The molecule has 4 rings (SSSR count). The topological polar surface area (TPSA) is 81.0 Å². The van der Waals surface area contributed by atoms with E-state index in [0.717, 1.165) is 16.8 Å². The smallest absolute Gasteiger partial charge is 0.259 e. The van der Waals surface area contributed by atoms with Crippen molar-refractivity contribution in [3.05, 3.63) is 69.0 Å². The Bertz CT molecular complexity index is 1030. The van der Waals surface area contributed by atoms with E-state index in [0.29, 0.717) is 37.0 Å². The van der Waals surface area contributed by atoms with Crippen molar-refractivity contribution in [2.24, 2.45) is 0 Å². The van der Waals surface area contributed by atoms with Crippen molar-refractivity contribution in [2.45, 2.75) is 32.8 Å². The Morgan fingerprint density at radius 2 is 2.00 bits per heavy atom. The molecule has 6 heteroatoms. The number of nitrogens with zero attached hydrogens (tertiary/aromatic N) is 2. The fourth-order valence-electron chi connectivity index (χ4n) is 3.06. The number of fused-ring (bicyclic) bond motifs is 1. The number of ether oxygens (including phenoxy) is 1. The van der Waals surface area contributed by atoms with Crippen LogP contribution in [0.5, 0.6) is 0 Å². The Kier molecular flexibility index (Phi) is 4.73. The van der Waals surface area contributed by atoms with Crippen molar-refractivity contribution >= 4 is 12.2 Å². The molecular weight excluding hydrogens is 342 g/mol. The highest BCUT2D eigenvalue weighted by Gasteiger charge is 2.17. The summed E-state index contributed by atoms with van der Waals surface area (Å²) in [6.45, 7) is 5.44. The molecule has 0 unspecified atom stereocenters. The summed E-state index contributed by atoms with van der Waals surface area (Å²) in [5.74, 6) is 1.13. The number of rotatable bonds is 4. The lowest BCUT2D eigenvalue weighted by molar-refractivity contribution is 0.109. The molecule has 1 N–H and O–H groups in total. The third-order valence-corrected chi connectivity index (χ3v) is 4.67. The average molecular weight is 363 g/mol. The maximum absolute atomic E-state index is 12.3. The van der Waals surface area contributed by atoms with Crippen LogP contribution < -0.4 is 5.56 Å². The zero-order valence-corrected chi connectivity index (χ0v) is 15.4. The van der Waals surface area contributed by atoms with Crippen LogP contribution in [0.1, 0.15) is 48.0 Å². The van der Waals surface area contributed by atoms with Crippen molar-refractivity contribution in [1.82, 2.24) is 15.1 Å². The SMILES string of the molecule is CC(C)c1ccc(/C=C/c2nc(-c3cc4c([nH]c3=O)CCOC4)no2)cc1. The first-order chi connectivity index (χ1) is 13.1. The number of hydrogen-bond donors (Lipinski definition) is 1. The van der Waals surface area contributed by atoms with Crippen molar-refractivity contribution in [1.29, 1.82) is 0 Å². The maximum Gasteiger partial charge on any atom is 0.259 e. The molecule has 0 fully saturated rings. The Morgan fingerprint density at radius 1 is 1.19 bits per heavy atom. The molecule has 3 aromatic rings. The zero-order valence-electron chi connectivity index (χ0n) is 15.4. The molecule has 1 aliphatic rings. The number of aromatic nitrogens is 3.